The normalized spacial score (nSPS) is 21.9. The van der Waals surface area contributed by atoms with Crippen molar-refractivity contribution < 1.29 is 9.47 Å². The van der Waals surface area contributed by atoms with Crippen LogP contribution in [0.5, 0.6) is 0 Å². The number of aromatic nitrogens is 2. The molecule has 0 bridgehead atoms. The quantitative estimate of drug-likeness (QED) is 0.917. The van der Waals surface area contributed by atoms with E-state index in [-0.39, 0.29) is 11.5 Å². The van der Waals surface area contributed by atoms with E-state index in [9.17, 15) is 0 Å². The Morgan fingerprint density at radius 1 is 1.35 bits per heavy atom. The Kier molecular flexibility index (Phi) is 4.52. The van der Waals surface area contributed by atoms with Crippen LogP contribution in [-0.4, -0.2) is 40.6 Å². The van der Waals surface area contributed by atoms with Crippen LogP contribution in [-0.2, 0) is 16.0 Å². The molecule has 0 spiro atoms. The lowest BCUT2D eigenvalue weighted by molar-refractivity contribution is -0.254. The molecule has 0 aliphatic carbocycles. The number of nitrogens with zero attached hydrogens (tertiary/aromatic N) is 2. The number of hydrogen-bond donors (Lipinski definition) is 1. The molecule has 1 unspecified atom stereocenters. The van der Waals surface area contributed by atoms with Crippen LogP contribution in [0.3, 0.4) is 0 Å². The van der Waals surface area contributed by atoms with Crippen molar-refractivity contribution in [1.82, 2.24) is 14.9 Å². The molecule has 0 aromatic carbocycles. The van der Waals surface area contributed by atoms with Gasteiger partial charge in [0.1, 0.15) is 0 Å². The Labute approximate surface area is 121 Å². The largest absolute Gasteiger partial charge is 0.349 e. The second kappa shape index (κ2) is 5.84. The summed E-state index contributed by atoms with van der Waals surface area (Å²) in [7, 11) is 0. The Hall–Kier alpha value is -0.910. The molecule has 1 fully saturated rings. The maximum absolute atomic E-state index is 5.72. The molecule has 1 N–H and O–H groups in total. The molecule has 2 rings (SSSR count). The van der Waals surface area contributed by atoms with E-state index < -0.39 is 5.79 Å². The van der Waals surface area contributed by atoms with E-state index in [0.717, 1.165) is 6.54 Å². The lowest BCUT2D eigenvalue weighted by Gasteiger charge is -2.40. The average molecular weight is 281 g/mol. The van der Waals surface area contributed by atoms with E-state index in [2.05, 4.69) is 35.6 Å². The molecular formula is C15H27N3O2. The van der Waals surface area contributed by atoms with Gasteiger partial charge in [-0.15, -0.1) is 0 Å². The summed E-state index contributed by atoms with van der Waals surface area (Å²) < 4.78 is 13.6. The second-order valence-electron chi connectivity index (χ2n) is 7.06. The highest BCUT2D eigenvalue weighted by atomic mass is 16.7. The fourth-order valence-corrected chi connectivity index (χ4v) is 2.26. The molecule has 5 heteroatoms. The molecule has 1 aromatic rings. The first-order valence-corrected chi connectivity index (χ1v) is 7.26. The lowest BCUT2D eigenvalue weighted by Crippen LogP contribution is -2.55. The first kappa shape index (κ1) is 15.5. The predicted molar refractivity (Wildman–Crippen MR) is 78.4 cm³/mol. The van der Waals surface area contributed by atoms with E-state index in [1.807, 2.05) is 32.6 Å². The maximum Gasteiger partial charge on any atom is 0.162 e. The topological polar surface area (TPSA) is 48.3 Å². The molecule has 0 saturated carbocycles. The zero-order chi connectivity index (χ0) is 14.8. The van der Waals surface area contributed by atoms with Gasteiger partial charge in [0.15, 0.2) is 5.79 Å². The van der Waals surface area contributed by atoms with Crippen LogP contribution >= 0.6 is 0 Å². The zero-order valence-electron chi connectivity index (χ0n) is 13.2. The van der Waals surface area contributed by atoms with Crippen LogP contribution in [0.1, 0.15) is 34.6 Å². The molecule has 0 amide bonds. The third-order valence-corrected chi connectivity index (χ3v) is 3.70. The van der Waals surface area contributed by atoms with E-state index in [0.29, 0.717) is 19.3 Å². The molecular weight excluding hydrogens is 254 g/mol. The summed E-state index contributed by atoms with van der Waals surface area (Å²) in [5.41, 5.74) is 0.150. The van der Waals surface area contributed by atoms with Crippen molar-refractivity contribution in [2.75, 3.05) is 13.2 Å². The van der Waals surface area contributed by atoms with Crippen molar-refractivity contribution in [3.63, 3.8) is 0 Å². The highest BCUT2D eigenvalue weighted by Gasteiger charge is 2.32. The van der Waals surface area contributed by atoms with Gasteiger partial charge in [-0.1, -0.05) is 20.8 Å². The second-order valence-corrected chi connectivity index (χ2v) is 7.06. The molecule has 5 nitrogen and oxygen atoms in total. The summed E-state index contributed by atoms with van der Waals surface area (Å²) in [6, 6.07) is 0.561. The van der Waals surface area contributed by atoms with Gasteiger partial charge in [0.05, 0.1) is 25.6 Å². The van der Waals surface area contributed by atoms with Crippen molar-refractivity contribution in [2.24, 2.45) is 5.41 Å². The van der Waals surface area contributed by atoms with Gasteiger partial charge in [-0.05, 0) is 19.3 Å². The van der Waals surface area contributed by atoms with Gasteiger partial charge in [0.2, 0.25) is 0 Å². The molecule has 1 atom stereocenters. The van der Waals surface area contributed by atoms with Gasteiger partial charge in [-0.3, -0.25) is 0 Å². The van der Waals surface area contributed by atoms with Gasteiger partial charge >= 0.3 is 0 Å². The minimum atomic E-state index is -0.459. The number of hydrogen-bond acceptors (Lipinski definition) is 4. The molecule has 1 aliphatic heterocycles. The van der Waals surface area contributed by atoms with Gasteiger partial charge < -0.3 is 19.4 Å². The van der Waals surface area contributed by atoms with Crippen molar-refractivity contribution in [3.8, 4) is 0 Å². The average Bonchev–Trinajstić information content (AvgIpc) is 2.82. The highest BCUT2D eigenvalue weighted by molar-refractivity contribution is 4.87. The summed E-state index contributed by atoms with van der Waals surface area (Å²) in [4.78, 5) is 4.11. The van der Waals surface area contributed by atoms with Crippen LogP contribution in [0.2, 0.25) is 0 Å². The van der Waals surface area contributed by atoms with Crippen molar-refractivity contribution in [3.05, 3.63) is 18.7 Å². The molecule has 0 radical (unpaired) electrons. The predicted octanol–water partition coefficient (Wildman–Crippen LogP) is 2.04. The zero-order valence-corrected chi connectivity index (χ0v) is 13.2. The third kappa shape index (κ3) is 4.30. The van der Waals surface area contributed by atoms with E-state index in [1.165, 1.54) is 0 Å². The highest BCUT2D eigenvalue weighted by Crippen LogP contribution is 2.23. The summed E-state index contributed by atoms with van der Waals surface area (Å²) in [6.45, 7) is 12.9. The number of ether oxygens (including phenoxy) is 2. The molecule has 2 heterocycles. The van der Waals surface area contributed by atoms with Crippen LogP contribution in [0, 0.1) is 5.41 Å². The van der Waals surface area contributed by atoms with Crippen LogP contribution in [0.25, 0.3) is 0 Å². The molecule has 20 heavy (non-hydrogen) atoms. The fraction of sp³-hybridized carbons (Fsp3) is 0.800. The lowest BCUT2D eigenvalue weighted by atomic mass is 9.86. The van der Waals surface area contributed by atoms with Crippen LogP contribution in [0.4, 0.5) is 0 Å². The molecule has 1 aromatic heterocycles. The smallest absolute Gasteiger partial charge is 0.162 e. The number of rotatable bonds is 4. The van der Waals surface area contributed by atoms with Crippen LogP contribution in [0.15, 0.2) is 18.7 Å². The molecule has 114 valence electrons. The Bertz CT molecular complexity index is 399. The summed E-state index contributed by atoms with van der Waals surface area (Å²) in [6.07, 6.45) is 5.67. The fourth-order valence-electron chi connectivity index (χ4n) is 2.26. The Morgan fingerprint density at radius 2 is 2.00 bits per heavy atom. The summed E-state index contributed by atoms with van der Waals surface area (Å²) in [5.74, 6) is -0.459. The van der Waals surface area contributed by atoms with E-state index >= 15 is 0 Å². The van der Waals surface area contributed by atoms with E-state index in [1.54, 1.807) is 0 Å². The Balaban J connectivity index is 1.95. The first-order chi connectivity index (χ1) is 9.26. The molecule has 1 saturated heterocycles. The SMILES string of the molecule is CC1(C)OCC(NC(Cn2ccnc2)C(C)(C)C)CO1. The van der Waals surface area contributed by atoms with Gasteiger partial charge in [0.25, 0.3) is 0 Å². The van der Waals surface area contributed by atoms with E-state index in [4.69, 9.17) is 9.47 Å². The number of imidazole rings is 1. The van der Waals surface area contributed by atoms with Crippen LogP contribution < -0.4 is 5.32 Å². The van der Waals surface area contributed by atoms with Crippen molar-refractivity contribution in [1.29, 1.82) is 0 Å². The summed E-state index contributed by atoms with van der Waals surface area (Å²) in [5, 5.41) is 3.67. The minimum Gasteiger partial charge on any atom is -0.349 e. The minimum absolute atomic E-state index is 0.150. The monoisotopic (exact) mass is 281 g/mol. The first-order valence-electron chi connectivity index (χ1n) is 7.26. The maximum atomic E-state index is 5.72. The Morgan fingerprint density at radius 3 is 2.50 bits per heavy atom. The molecule has 1 aliphatic rings. The third-order valence-electron chi connectivity index (χ3n) is 3.70. The van der Waals surface area contributed by atoms with Crippen molar-refractivity contribution in [2.45, 2.75) is 59.0 Å². The number of nitrogens with one attached hydrogen (secondary N) is 1. The van der Waals surface area contributed by atoms with Gasteiger partial charge in [-0.25, -0.2) is 4.98 Å². The standard InChI is InChI=1S/C15H27N3O2/c1-14(2,3)13(8-18-7-6-16-11-18)17-12-9-19-15(4,5)20-10-12/h6-7,11-13,17H,8-10H2,1-5H3. The van der Waals surface area contributed by atoms with Gasteiger partial charge in [0, 0.05) is 25.0 Å². The van der Waals surface area contributed by atoms with Gasteiger partial charge in [-0.2, -0.15) is 0 Å². The van der Waals surface area contributed by atoms with Crippen molar-refractivity contribution >= 4 is 0 Å². The summed E-state index contributed by atoms with van der Waals surface area (Å²) >= 11 is 0.